The molecule has 1 aliphatic heterocycles. The number of nitrogens with zero attached hydrogens (tertiary/aromatic N) is 1. The lowest BCUT2D eigenvalue weighted by atomic mass is 10.0. The van der Waals surface area contributed by atoms with E-state index in [0.29, 0.717) is 44.8 Å². The van der Waals surface area contributed by atoms with Crippen molar-refractivity contribution in [3.05, 3.63) is 35.6 Å². The lowest BCUT2D eigenvalue weighted by molar-refractivity contribution is -0.128. The minimum atomic E-state index is -0.517. The highest BCUT2D eigenvalue weighted by Crippen LogP contribution is 2.23. The second-order valence-corrected chi connectivity index (χ2v) is 6.14. The molecule has 0 radical (unpaired) electrons. The number of nitrogens with one attached hydrogen (secondary N) is 1. The minimum Gasteiger partial charge on any atom is -0.396 e. The quantitative estimate of drug-likeness (QED) is 0.758. The Morgan fingerprint density at radius 3 is 2.79 bits per heavy atom. The highest BCUT2D eigenvalue weighted by atomic mass is 19.1. The van der Waals surface area contributed by atoms with E-state index in [1.807, 2.05) is 11.8 Å². The van der Waals surface area contributed by atoms with Gasteiger partial charge in [0.1, 0.15) is 11.9 Å². The Morgan fingerprint density at radius 2 is 2.17 bits per heavy atom. The van der Waals surface area contributed by atoms with E-state index >= 15 is 0 Å². The maximum absolute atomic E-state index is 13.6. The number of aliphatic hydroxyl groups is 1. The van der Waals surface area contributed by atoms with Crippen LogP contribution < -0.4 is 5.32 Å². The summed E-state index contributed by atoms with van der Waals surface area (Å²) >= 11 is 0. The van der Waals surface area contributed by atoms with Crippen molar-refractivity contribution in [2.75, 3.05) is 39.5 Å². The molecule has 0 bridgehead atoms. The average molecular weight is 338 g/mol. The molecule has 1 aromatic rings. The molecule has 0 aromatic heterocycles. The van der Waals surface area contributed by atoms with Gasteiger partial charge < -0.3 is 15.2 Å². The lowest BCUT2D eigenvalue weighted by Crippen LogP contribution is -2.46. The van der Waals surface area contributed by atoms with Gasteiger partial charge in [-0.2, -0.15) is 0 Å². The van der Waals surface area contributed by atoms with Crippen LogP contribution in [0.25, 0.3) is 0 Å². The van der Waals surface area contributed by atoms with Crippen molar-refractivity contribution in [2.45, 2.75) is 25.8 Å². The Bertz CT molecular complexity index is 521. The molecule has 0 spiro atoms. The van der Waals surface area contributed by atoms with E-state index in [4.69, 9.17) is 9.84 Å². The van der Waals surface area contributed by atoms with Crippen LogP contribution in [0.2, 0.25) is 0 Å². The second kappa shape index (κ2) is 9.71. The number of rotatable bonds is 8. The maximum Gasteiger partial charge on any atom is 0.241 e. The third kappa shape index (κ3) is 5.26. The number of carbonyl (C=O) groups is 1. The van der Waals surface area contributed by atoms with Crippen molar-refractivity contribution in [2.24, 2.45) is 5.92 Å². The largest absolute Gasteiger partial charge is 0.396 e. The third-order valence-corrected chi connectivity index (χ3v) is 4.50. The van der Waals surface area contributed by atoms with Crippen molar-refractivity contribution in [3.8, 4) is 0 Å². The number of hydrogen-bond donors (Lipinski definition) is 2. The van der Waals surface area contributed by atoms with Gasteiger partial charge in [-0.05, 0) is 30.0 Å². The molecular formula is C18H27FN2O3. The van der Waals surface area contributed by atoms with Crippen LogP contribution in [0.5, 0.6) is 0 Å². The van der Waals surface area contributed by atoms with Gasteiger partial charge in [0.25, 0.3) is 0 Å². The molecule has 0 unspecified atom stereocenters. The summed E-state index contributed by atoms with van der Waals surface area (Å²) < 4.78 is 19.0. The monoisotopic (exact) mass is 338 g/mol. The standard InChI is InChI=1S/C18H27FN2O3/c1-2-14(6-9-22)13-20-18(23)17(21-7-10-24-11-8-21)15-4-3-5-16(19)12-15/h3-5,12,14,17,22H,2,6-11,13H2,1H3,(H,20,23)/t14-,17+/m1/s1. The van der Waals surface area contributed by atoms with Gasteiger partial charge >= 0.3 is 0 Å². The molecule has 2 rings (SSSR count). The van der Waals surface area contributed by atoms with Crippen LogP contribution in [0.4, 0.5) is 4.39 Å². The van der Waals surface area contributed by atoms with Gasteiger partial charge in [-0.1, -0.05) is 25.5 Å². The Morgan fingerprint density at radius 1 is 1.42 bits per heavy atom. The maximum atomic E-state index is 13.6. The van der Waals surface area contributed by atoms with Crippen molar-refractivity contribution in [3.63, 3.8) is 0 Å². The first-order chi connectivity index (χ1) is 11.7. The molecule has 1 heterocycles. The predicted molar refractivity (Wildman–Crippen MR) is 90.0 cm³/mol. The number of amides is 1. The van der Waals surface area contributed by atoms with Crippen molar-refractivity contribution >= 4 is 5.91 Å². The Kier molecular flexibility index (Phi) is 7.62. The lowest BCUT2D eigenvalue weighted by Gasteiger charge is -2.34. The van der Waals surface area contributed by atoms with Gasteiger partial charge in [0.15, 0.2) is 0 Å². The molecule has 2 N–H and O–H groups in total. The molecule has 24 heavy (non-hydrogen) atoms. The summed E-state index contributed by atoms with van der Waals surface area (Å²) in [6.07, 6.45) is 1.56. The van der Waals surface area contributed by atoms with Crippen LogP contribution in [0.15, 0.2) is 24.3 Å². The van der Waals surface area contributed by atoms with E-state index in [1.54, 1.807) is 12.1 Å². The van der Waals surface area contributed by atoms with Gasteiger partial charge in [0.05, 0.1) is 13.2 Å². The first-order valence-electron chi connectivity index (χ1n) is 8.61. The summed E-state index contributed by atoms with van der Waals surface area (Å²) in [7, 11) is 0. The molecule has 5 nitrogen and oxygen atoms in total. The van der Waals surface area contributed by atoms with E-state index in [-0.39, 0.29) is 24.2 Å². The zero-order chi connectivity index (χ0) is 17.4. The first kappa shape index (κ1) is 18.8. The smallest absolute Gasteiger partial charge is 0.241 e. The Hall–Kier alpha value is -1.50. The number of morpholine rings is 1. The summed E-state index contributed by atoms with van der Waals surface area (Å²) in [6, 6.07) is 5.70. The Balaban J connectivity index is 2.11. The first-order valence-corrected chi connectivity index (χ1v) is 8.61. The van der Waals surface area contributed by atoms with Crippen LogP contribution in [-0.4, -0.2) is 55.4 Å². The summed E-state index contributed by atoms with van der Waals surface area (Å²) in [5.41, 5.74) is 0.657. The normalized spacial score (nSPS) is 18.1. The zero-order valence-electron chi connectivity index (χ0n) is 14.2. The summed E-state index contributed by atoms with van der Waals surface area (Å²) in [6.45, 7) is 5.10. The van der Waals surface area contributed by atoms with Crippen LogP contribution in [-0.2, 0) is 9.53 Å². The van der Waals surface area contributed by atoms with Gasteiger partial charge in [-0.25, -0.2) is 4.39 Å². The van der Waals surface area contributed by atoms with Crippen LogP contribution in [0.1, 0.15) is 31.4 Å². The third-order valence-electron chi connectivity index (χ3n) is 4.50. The van der Waals surface area contributed by atoms with E-state index in [2.05, 4.69) is 5.32 Å². The molecule has 6 heteroatoms. The summed E-state index contributed by atoms with van der Waals surface area (Å²) in [5, 5.41) is 12.1. The number of benzene rings is 1. The molecule has 0 saturated carbocycles. The number of carbonyl (C=O) groups excluding carboxylic acids is 1. The second-order valence-electron chi connectivity index (χ2n) is 6.14. The molecule has 1 saturated heterocycles. The summed E-state index contributed by atoms with van der Waals surface area (Å²) in [4.78, 5) is 14.8. The van der Waals surface area contributed by atoms with Crippen molar-refractivity contribution < 1.29 is 19.0 Å². The molecule has 1 fully saturated rings. The average Bonchev–Trinajstić information content (AvgIpc) is 2.60. The predicted octanol–water partition coefficient (Wildman–Crippen LogP) is 1.72. The molecular weight excluding hydrogens is 311 g/mol. The molecule has 0 aliphatic carbocycles. The molecule has 1 amide bonds. The van der Waals surface area contributed by atoms with E-state index in [1.165, 1.54) is 12.1 Å². The van der Waals surface area contributed by atoms with Crippen LogP contribution in [0, 0.1) is 11.7 Å². The van der Waals surface area contributed by atoms with Crippen molar-refractivity contribution in [1.82, 2.24) is 10.2 Å². The van der Waals surface area contributed by atoms with Gasteiger partial charge in [-0.3, -0.25) is 9.69 Å². The topological polar surface area (TPSA) is 61.8 Å². The van der Waals surface area contributed by atoms with Gasteiger partial charge in [0, 0.05) is 26.2 Å². The number of ether oxygens (including phenoxy) is 1. The Labute approximate surface area is 142 Å². The molecule has 1 aliphatic rings. The number of hydrogen-bond acceptors (Lipinski definition) is 4. The van der Waals surface area contributed by atoms with Crippen LogP contribution >= 0.6 is 0 Å². The van der Waals surface area contributed by atoms with E-state index in [0.717, 1.165) is 6.42 Å². The van der Waals surface area contributed by atoms with Crippen molar-refractivity contribution in [1.29, 1.82) is 0 Å². The fraction of sp³-hybridized carbons (Fsp3) is 0.611. The number of aliphatic hydroxyl groups excluding tert-OH is 1. The summed E-state index contributed by atoms with van der Waals surface area (Å²) in [5.74, 6) is -0.221. The molecule has 134 valence electrons. The van der Waals surface area contributed by atoms with Crippen LogP contribution in [0.3, 0.4) is 0 Å². The van der Waals surface area contributed by atoms with E-state index in [9.17, 15) is 9.18 Å². The van der Waals surface area contributed by atoms with Gasteiger partial charge in [-0.15, -0.1) is 0 Å². The van der Waals surface area contributed by atoms with E-state index < -0.39 is 6.04 Å². The highest BCUT2D eigenvalue weighted by Gasteiger charge is 2.29. The molecule has 2 atom stereocenters. The SMILES string of the molecule is CC[C@H](CCO)CNC(=O)[C@H](c1cccc(F)c1)N1CCOCC1. The van der Waals surface area contributed by atoms with Gasteiger partial charge in [0.2, 0.25) is 5.91 Å². The fourth-order valence-electron chi connectivity index (χ4n) is 3.02. The fourth-order valence-corrected chi connectivity index (χ4v) is 3.02. The molecule has 1 aromatic carbocycles. The zero-order valence-corrected chi connectivity index (χ0v) is 14.2. The number of halogens is 1. The highest BCUT2D eigenvalue weighted by molar-refractivity contribution is 5.83. The minimum absolute atomic E-state index is 0.116.